The van der Waals surface area contributed by atoms with E-state index in [1.165, 1.54) is 0 Å². The van der Waals surface area contributed by atoms with E-state index in [1.807, 2.05) is 23.8 Å². The Kier molecular flexibility index (Phi) is 4.53. The Morgan fingerprint density at radius 2 is 2.11 bits per heavy atom. The Morgan fingerprint density at radius 3 is 2.67 bits per heavy atom. The SMILES string of the molecule is CCCn1cccc1C(=O)NC(C)(C)CC(=O)O. The summed E-state index contributed by atoms with van der Waals surface area (Å²) in [4.78, 5) is 22.8. The Hall–Kier alpha value is -1.78. The molecule has 0 aliphatic carbocycles. The lowest BCUT2D eigenvalue weighted by molar-refractivity contribution is -0.138. The second-order valence-corrected chi connectivity index (χ2v) is 5.00. The van der Waals surface area contributed by atoms with E-state index in [0.29, 0.717) is 5.69 Å². The van der Waals surface area contributed by atoms with Gasteiger partial charge in [-0.15, -0.1) is 0 Å². The Bertz CT molecular complexity index is 435. The number of nitrogens with zero attached hydrogens (tertiary/aromatic N) is 1. The van der Waals surface area contributed by atoms with Crippen LogP contribution >= 0.6 is 0 Å². The number of carboxylic acids is 1. The maximum Gasteiger partial charge on any atom is 0.305 e. The first-order valence-electron chi connectivity index (χ1n) is 6.05. The topological polar surface area (TPSA) is 71.3 Å². The molecule has 0 saturated carbocycles. The first-order chi connectivity index (χ1) is 8.35. The minimum absolute atomic E-state index is 0.104. The van der Waals surface area contributed by atoms with Crippen LogP contribution in [0.1, 0.15) is 44.1 Å². The molecular formula is C13H20N2O3. The van der Waals surface area contributed by atoms with Gasteiger partial charge < -0.3 is 15.0 Å². The third kappa shape index (κ3) is 3.91. The minimum Gasteiger partial charge on any atom is -0.481 e. The Morgan fingerprint density at radius 1 is 1.44 bits per heavy atom. The highest BCUT2D eigenvalue weighted by atomic mass is 16.4. The predicted molar refractivity (Wildman–Crippen MR) is 68.5 cm³/mol. The number of nitrogens with one attached hydrogen (secondary N) is 1. The molecule has 0 spiro atoms. The zero-order valence-corrected chi connectivity index (χ0v) is 11.1. The molecule has 0 atom stereocenters. The van der Waals surface area contributed by atoms with Crippen LogP contribution in [0.15, 0.2) is 18.3 Å². The second kappa shape index (κ2) is 5.71. The Labute approximate surface area is 107 Å². The standard InChI is InChI=1S/C13H20N2O3/c1-4-7-15-8-5-6-10(15)12(18)14-13(2,3)9-11(16)17/h5-6,8H,4,7,9H2,1-3H3,(H,14,18)(H,16,17). The van der Waals surface area contributed by atoms with Gasteiger partial charge in [-0.1, -0.05) is 6.92 Å². The molecule has 2 N–H and O–H groups in total. The van der Waals surface area contributed by atoms with Gasteiger partial charge in [-0.2, -0.15) is 0 Å². The highest BCUT2D eigenvalue weighted by Gasteiger charge is 2.25. The molecule has 0 bridgehead atoms. The number of amides is 1. The third-order valence-electron chi connectivity index (χ3n) is 2.57. The number of aryl methyl sites for hydroxylation is 1. The highest BCUT2D eigenvalue weighted by Crippen LogP contribution is 2.11. The molecule has 0 aromatic carbocycles. The van der Waals surface area contributed by atoms with Crippen LogP contribution in [-0.4, -0.2) is 27.1 Å². The van der Waals surface area contributed by atoms with Gasteiger partial charge in [0.2, 0.25) is 0 Å². The number of aliphatic carboxylic acids is 1. The van der Waals surface area contributed by atoms with Crippen LogP contribution in [0.25, 0.3) is 0 Å². The largest absolute Gasteiger partial charge is 0.481 e. The van der Waals surface area contributed by atoms with Gasteiger partial charge in [0.1, 0.15) is 5.69 Å². The van der Waals surface area contributed by atoms with Crippen LogP contribution in [0.2, 0.25) is 0 Å². The molecule has 0 unspecified atom stereocenters. The van der Waals surface area contributed by atoms with Gasteiger partial charge in [0.05, 0.1) is 6.42 Å². The quantitative estimate of drug-likeness (QED) is 0.812. The monoisotopic (exact) mass is 252 g/mol. The van der Waals surface area contributed by atoms with Gasteiger partial charge in [-0.3, -0.25) is 9.59 Å². The van der Waals surface area contributed by atoms with Crippen LogP contribution in [0, 0.1) is 0 Å². The summed E-state index contributed by atoms with van der Waals surface area (Å²) in [6.07, 6.45) is 2.68. The molecule has 100 valence electrons. The molecule has 1 aromatic rings. The van der Waals surface area contributed by atoms with Crippen molar-refractivity contribution in [1.82, 2.24) is 9.88 Å². The molecule has 1 amide bonds. The summed E-state index contributed by atoms with van der Waals surface area (Å²) >= 11 is 0. The van der Waals surface area contributed by atoms with Crippen molar-refractivity contribution < 1.29 is 14.7 Å². The first kappa shape index (κ1) is 14.3. The molecule has 0 aliphatic heterocycles. The van der Waals surface area contributed by atoms with Crippen LogP contribution in [-0.2, 0) is 11.3 Å². The predicted octanol–water partition coefficient (Wildman–Crippen LogP) is 1.88. The molecule has 0 saturated heterocycles. The second-order valence-electron chi connectivity index (χ2n) is 5.00. The van der Waals surface area contributed by atoms with Gasteiger partial charge in [-0.25, -0.2) is 0 Å². The summed E-state index contributed by atoms with van der Waals surface area (Å²) in [5, 5.41) is 11.5. The molecule has 0 aliphatic rings. The van der Waals surface area contributed by atoms with Crippen LogP contribution in [0.4, 0.5) is 0 Å². The van der Waals surface area contributed by atoms with Crippen LogP contribution in [0.3, 0.4) is 0 Å². The fourth-order valence-corrected chi connectivity index (χ4v) is 1.85. The number of hydrogen-bond donors (Lipinski definition) is 2. The summed E-state index contributed by atoms with van der Waals surface area (Å²) in [6.45, 7) is 6.21. The lowest BCUT2D eigenvalue weighted by Gasteiger charge is -2.24. The fourth-order valence-electron chi connectivity index (χ4n) is 1.85. The van der Waals surface area contributed by atoms with Gasteiger partial charge in [0.25, 0.3) is 5.91 Å². The molecule has 0 radical (unpaired) electrons. The van der Waals surface area contributed by atoms with Crippen molar-refractivity contribution in [3.05, 3.63) is 24.0 Å². The molecule has 5 heteroatoms. The van der Waals surface area contributed by atoms with Crippen molar-refractivity contribution in [2.24, 2.45) is 0 Å². The van der Waals surface area contributed by atoms with Crippen molar-refractivity contribution in [1.29, 1.82) is 0 Å². The number of carbonyl (C=O) groups is 2. The zero-order valence-electron chi connectivity index (χ0n) is 11.1. The molecular weight excluding hydrogens is 232 g/mol. The minimum atomic E-state index is -0.927. The van der Waals surface area contributed by atoms with Crippen LogP contribution in [0.5, 0.6) is 0 Å². The van der Waals surface area contributed by atoms with E-state index in [2.05, 4.69) is 5.32 Å². The molecule has 1 rings (SSSR count). The lowest BCUT2D eigenvalue weighted by atomic mass is 10.0. The molecule has 1 aromatic heterocycles. The van der Waals surface area contributed by atoms with E-state index in [1.54, 1.807) is 19.9 Å². The summed E-state index contributed by atoms with van der Waals surface area (Å²) in [6, 6.07) is 3.55. The third-order valence-corrected chi connectivity index (χ3v) is 2.57. The smallest absolute Gasteiger partial charge is 0.305 e. The van der Waals surface area contributed by atoms with Crippen LogP contribution < -0.4 is 5.32 Å². The maximum absolute atomic E-state index is 12.1. The molecule has 1 heterocycles. The average Bonchev–Trinajstić information content (AvgIpc) is 2.63. The lowest BCUT2D eigenvalue weighted by Crippen LogP contribution is -2.45. The summed E-state index contributed by atoms with van der Waals surface area (Å²) in [7, 11) is 0. The van der Waals surface area contributed by atoms with Crippen molar-refractivity contribution in [3.8, 4) is 0 Å². The average molecular weight is 252 g/mol. The number of aromatic nitrogens is 1. The summed E-state index contributed by atoms with van der Waals surface area (Å²) in [5.74, 6) is -1.16. The van der Waals surface area contributed by atoms with E-state index in [0.717, 1.165) is 13.0 Å². The van der Waals surface area contributed by atoms with E-state index in [9.17, 15) is 9.59 Å². The maximum atomic E-state index is 12.1. The number of carboxylic acid groups (broad SMARTS) is 1. The highest BCUT2D eigenvalue weighted by molar-refractivity contribution is 5.93. The van der Waals surface area contributed by atoms with Crippen molar-refractivity contribution in [2.45, 2.75) is 45.7 Å². The molecule has 18 heavy (non-hydrogen) atoms. The van der Waals surface area contributed by atoms with E-state index >= 15 is 0 Å². The van der Waals surface area contributed by atoms with Gasteiger partial charge >= 0.3 is 5.97 Å². The van der Waals surface area contributed by atoms with E-state index < -0.39 is 11.5 Å². The summed E-state index contributed by atoms with van der Waals surface area (Å²) < 4.78 is 1.87. The van der Waals surface area contributed by atoms with Crippen molar-refractivity contribution in [2.75, 3.05) is 0 Å². The number of hydrogen-bond acceptors (Lipinski definition) is 2. The fraction of sp³-hybridized carbons (Fsp3) is 0.538. The van der Waals surface area contributed by atoms with E-state index in [4.69, 9.17) is 5.11 Å². The van der Waals surface area contributed by atoms with Gasteiger partial charge in [-0.05, 0) is 32.4 Å². The summed E-state index contributed by atoms with van der Waals surface area (Å²) in [5.41, 5.74) is -0.195. The zero-order chi connectivity index (χ0) is 13.8. The molecule has 5 nitrogen and oxygen atoms in total. The van der Waals surface area contributed by atoms with Gasteiger partial charge in [0.15, 0.2) is 0 Å². The van der Waals surface area contributed by atoms with E-state index in [-0.39, 0.29) is 12.3 Å². The van der Waals surface area contributed by atoms with Crippen molar-refractivity contribution in [3.63, 3.8) is 0 Å². The number of carbonyl (C=O) groups excluding carboxylic acids is 1. The normalized spacial score (nSPS) is 11.3. The Balaban J connectivity index is 2.75. The van der Waals surface area contributed by atoms with Gasteiger partial charge in [0, 0.05) is 18.3 Å². The molecule has 0 fully saturated rings. The first-order valence-corrected chi connectivity index (χ1v) is 6.05. The van der Waals surface area contributed by atoms with Crippen molar-refractivity contribution >= 4 is 11.9 Å². The number of rotatable bonds is 6.